The molecule has 0 spiro atoms. The normalized spacial score (nSPS) is 11.6. The van der Waals surface area contributed by atoms with Crippen LogP contribution in [0.3, 0.4) is 0 Å². The van der Waals surface area contributed by atoms with Crippen molar-refractivity contribution >= 4 is 5.78 Å². The van der Waals surface area contributed by atoms with Crippen molar-refractivity contribution in [2.75, 3.05) is 0 Å². The fraction of sp³-hybridized carbons (Fsp3) is 0.778. The molecule has 0 aliphatic rings. The van der Waals surface area contributed by atoms with Gasteiger partial charge in [-0.3, -0.25) is 4.79 Å². The fourth-order valence-electron chi connectivity index (χ4n) is 0.976. The lowest BCUT2D eigenvalue weighted by Gasteiger charge is -2.24. The molecular weight excluding hydrogens is 124 g/mol. The molecule has 0 saturated heterocycles. The quantitative estimate of drug-likeness (QED) is 0.588. The molecule has 0 heterocycles. The molecule has 0 N–H and O–H groups in total. The minimum atomic E-state index is 0.0613. The number of ketones is 1. The summed E-state index contributed by atoms with van der Waals surface area (Å²) >= 11 is 0. The third kappa shape index (κ3) is 3.00. The molecule has 0 aromatic carbocycles. The van der Waals surface area contributed by atoms with E-state index in [1.54, 1.807) is 0 Å². The lowest BCUT2D eigenvalue weighted by Crippen LogP contribution is -2.17. The number of carbonyl (C=O) groups is 1. The molecular formula is C9H17O. The van der Waals surface area contributed by atoms with Gasteiger partial charge in [0, 0.05) is 13.3 Å². The van der Waals surface area contributed by atoms with Crippen LogP contribution in [0.5, 0.6) is 0 Å². The molecule has 0 amide bonds. The van der Waals surface area contributed by atoms with E-state index >= 15 is 0 Å². The van der Waals surface area contributed by atoms with E-state index in [1.807, 2.05) is 0 Å². The van der Waals surface area contributed by atoms with Gasteiger partial charge in [0.1, 0.15) is 5.78 Å². The first-order valence-corrected chi connectivity index (χ1v) is 3.89. The maximum absolute atomic E-state index is 10.7. The van der Waals surface area contributed by atoms with Crippen LogP contribution in [0.4, 0.5) is 0 Å². The summed E-state index contributed by atoms with van der Waals surface area (Å²) in [7, 11) is 0. The van der Waals surface area contributed by atoms with Crippen LogP contribution in [0, 0.1) is 12.3 Å². The molecule has 1 heteroatoms. The van der Waals surface area contributed by atoms with Crippen molar-refractivity contribution in [1.82, 2.24) is 0 Å². The maximum atomic E-state index is 10.7. The topological polar surface area (TPSA) is 17.1 Å². The van der Waals surface area contributed by atoms with Gasteiger partial charge in [-0.2, -0.15) is 0 Å². The second-order valence-electron chi connectivity index (χ2n) is 3.23. The van der Waals surface area contributed by atoms with E-state index in [0.29, 0.717) is 6.42 Å². The van der Waals surface area contributed by atoms with Crippen molar-refractivity contribution in [2.24, 2.45) is 5.41 Å². The van der Waals surface area contributed by atoms with Gasteiger partial charge in [0.05, 0.1) is 0 Å². The highest BCUT2D eigenvalue weighted by atomic mass is 16.1. The summed E-state index contributed by atoms with van der Waals surface area (Å²) in [5.41, 5.74) is 0.193. The molecule has 0 aromatic heterocycles. The zero-order chi connectivity index (χ0) is 8.20. The molecule has 0 rings (SSSR count). The van der Waals surface area contributed by atoms with E-state index in [4.69, 9.17) is 0 Å². The van der Waals surface area contributed by atoms with Gasteiger partial charge in [-0.1, -0.05) is 33.6 Å². The van der Waals surface area contributed by atoms with Gasteiger partial charge in [0.2, 0.25) is 0 Å². The SMILES string of the molecule is [CH2]C(=O)CC(C)(CC)CC. The number of hydrogen-bond donors (Lipinski definition) is 0. The number of carbonyl (C=O) groups excluding carboxylic acids is 1. The van der Waals surface area contributed by atoms with Crippen LogP contribution in [0.15, 0.2) is 0 Å². The van der Waals surface area contributed by atoms with Crippen LogP contribution in [0.1, 0.15) is 40.0 Å². The van der Waals surface area contributed by atoms with Gasteiger partial charge < -0.3 is 0 Å². The summed E-state index contributed by atoms with van der Waals surface area (Å²) in [5.74, 6) is 0.0613. The van der Waals surface area contributed by atoms with Crippen LogP contribution in [0.25, 0.3) is 0 Å². The number of Topliss-reactive ketones (excluding diaryl/α,β-unsaturated/α-hetero) is 1. The highest BCUT2D eigenvalue weighted by Crippen LogP contribution is 2.29. The van der Waals surface area contributed by atoms with Crippen molar-refractivity contribution in [1.29, 1.82) is 0 Å². The highest BCUT2D eigenvalue weighted by Gasteiger charge is 2.20. The lowest BCUT2D eigenvalue weighted by atomic mass is 9.80. The van der Waals surface area contributed by atoms with Crippen molar-refractivity contribution < 1.29 is 4.79 Å². The van der Waals surface area contributed by atoms with Crippen molar-refractivity contribution in [3.05, 3.63) is 6.92 Å². The summed E-state index contributed by atoms with van der Waals surface area (Å²) in [6.07, 6.45) is 2.75. The molecule has 0 aliphatic heterocycles. The first-order valence-electron chi connectivity index (χ1n) is 3.89. The average Bonchev–Trinajstić information content (AvgIpc) is 1.87. The van der Waals surface area contributed by atoms with Gasteiger partial charge >= 0.3 is 0 Å². The Bertz CT molecular complexity index is 112. The third-order valence-electron chi connectivity index (χ3n) is 2.33. The molecule has 59 valence electrons. The summed E-state index contributed by atoms with van der Waals surface area (Å²) in [5, 5.41) is 0. The smallest absolute Gasteiger partial charge is 0.133 e. The van der Waals surface area contributed by atoms with E-state index in [0.717, 1.165) is 12.8 Å². The molecule has 1 radical (unpaired) electrons. The molecule has 10 heavy (non-hydrogen) atoms. The van der Waals surface area contributed by atoms with E-state index in [2.05, 4.69) is 27.7 Å². The van der Waals surface area contributed by atoms with E-state index in [-0.39, 0.29) is 11.2 Å². The minimum absolute atomic E-state index is 0.0613. The Morgan fingerprint density at radius 3 is 1.90 bits per heavy atom. The molecule has 0 bridgehead atoms. The van der Waals surface area contributed by atoms with E-state index in [9.17, 15) is 4.79 Å². The van der Waals surface area contributed by atoms with Crippen molar-refractivity contribution in [3.8, 4) is 0 Å². The molecule has 0 aromatic rings. The Balaban J connectivity index is 3.92. The van der Waals surface area contributed by atoms with Gasteiger partial charge in [0.15, 0.2) is 0 Å². The van der Waals surface area contributed by atoms with Gasteiger partial charge in [0.25, 0.3) is 0 Å². The summed E-state index contributed by atoms with van der Waals surface area (Å²) in [6, 6.07) is 0. The van der Waals surface area contributed by atoms with Gasteiger partial charge in [-0.05, 0) is 5.41 Å². The largest absolute Gasteiger partial charge is 0.300 e. The molecule has 0 aliphatic carbocycles. The zero-order valence-electron chi connectivity index (χ0n) is 7.24. The predicted molar refractivity (Wildman–Crippen MR) is 43.7 cm³/mol. The summed E-state index contributed by atoms with van der Waals surface area (Å²) < 4.78 is 0. The fourth-order valence-corrected chi connectivity index (χ4v) is 0.976. The van der Waals surface area contributed by atoms with Crippen LogP contribution in [-0.2, 0) is 4.79 Å². The number of hydrogen-bond acceptors (Lipinski definition) is 1. The highest BCUT2D eigenvalue weighted by molar-refractivity contribution is 5.83. The van der Waals surface area contributed by atoms with E-state index in [1.165, 1.54) is 0 Å². The van der Waals surface area contributed by atoms with Crippen molar-refractivity contribution in [3.63, 3.8) is 0 Å². The predicted octanol–water partition coefficient (Wildman–Crippen LogP) is 2.61. The first-order chi connectivity index (χ1) is 4.54. The molecule has 0 atom stereocenters. The molecule has 1 nitrogen and oxygen atoms in total. The van der Waals surface area contributed by atoms with E-state index < -0.39 is 0 Å². The summed E-state index contributed by atoms with van der Waals surface area (Å²) in [6.45, 7) is 9.75. The van der Waals surface area contributed by atoms with Crippen LogP contribution in [0.2, 0.25) is 0 Å². The Kier molecular flexibility index (Phi) is 3.62. The Morgan fingerprint density at radius 2 is 1.80 bits per heavy atom. The standard InChI is InChI=1S/C9H17O/c1-5-9(4,6-2)7-8(3)10/h3,5-7H2,1-2,4H3. The van der Waals surface area contributed by atoms with Gasteiger partial charge in [-0.15, -0.1) is 0 Å². The van der Waals surface area contributed by atoms with Crippen LogP contribution < -0.4 is 0 Å². The Labute approximate surface area is 63.8 Å². The number of rotatable bonds is 4. The lowest BCUT2D eigenvalue weighted by molar-refractivity contribution is -0.117. The van der Waals surface area contributed by atoms with Crippen LogP contribution in [-0.4, -0.2) is 5.78 Å². The monoisotopic (exact) mass is 141 g/mol. The second kappa shape index (κ2) is 3.75. The molecule has 0 unspecified atom stereocenters. The Hall–Kier alpha value is -0.330. The zero-order valence-corrected chi connectivity index (χ0v) is 7.24. The maximum Gasteiger partial charge on any atom is 0.133 e. The van der Waals surface area contributed by atoms with Crippen molar-refractivity contribution in [2.45, 2.75) is 40.0 Å². The average molecular weight is 141 g/mol. The minimum Gasteiger partial charge on any atom is -0.300 e. The third-order valence-corrected chi connectivity index (χ3v) is 2.33. The molecule has 0 fully saturated rings. The summed E-state index contributed by atoms with van der Waals surface area (Å²) in [4.78, 5) is 10.7. The van der Waals surface area contributed by atoms with Gasteiger partial charge in [-0.25, -0.2) is 0 Å². The molecule has 0 saturated carbocycles. The first kappa shape index (κ1) is 9.67. The Morgan fingerprint density at radius 1 is 1.40 bits per heavy atom. The van der Waals surface area contributed by atoms with Crippen LogP contribution >= 0.6 is 0 Å². The second-order valence-corrected chi connectivity index (χ2v) is 3.23.